The zero-order valence-corrected chi connectivity index (χ0v) is 18.2. The van der Waals surface area contributed by atoms with Crippen LogP contribution in [0.25, 0.3) is 11.0 Å². The average Bonchev–Trinajstić information content (AvgIpc) is 2.74. The number of carbonyl (C=O) groups excluding carboxylic acids is 1. The summed E-state index contributed by atoms with van der Waals surface area (Å²) in [4.78, 5) is 26.9. The molecular formula is C24H26N4O3. The molecule has 0 saturated carbocycles. The van der Waals surface area contributed by atoms with Crippen LogP contribution in [-0.2, 0) is 5.41 Å². The molecule has 1 aliphatic rings. The molecule has 31 heavy (non-hydrogen) atoms. The first-order valence-electron chi connectivity index (χ1n) is 10.2. The SMILES string of the molecule is C/C(=N\NC(=O)Nc1ccccc1)c1cc2cc3c(cc2oc1=O)N(C)CCC3(C)C. The highest BCUT2D eigenvalue weighted by Gasteiger charge is 2.30. The van der Waals surface area contributed by atoms with Crippen LogP contribution in [0.2, 0.25) is 0 Å². The van der Waals surface area contributed by atoms with Crippen molar-refractivity contribution in [2.45, 2.75) is 32.6 Å². The van der Waals surface area contributed by atoms with Crippen molar-refractivity contribution in [3.63, 3.8) is 0 Å². The van der Waals surface area contributed by atoms with Crippen LogP contribution in [0.1, 0.15) is 38.3 Å². The second-order valence-electron chi connectivity index (χ2n) is 8.54. The van der Waals surface area contributed by atoms with E-state index in [4.69, 9.17) is 4.42 Å². The van der Waals surface area contributed by atoms with Crippen LogP contribution >= 0.6 is 0 Å². The summed E-state index contributed by atoms with van der Waals surface area (Å²) < 4.78 is 5.61. The van der Waals surface area contributed by atoms with Crippen LogP contribution in [0.5, 0.6) is 0 Å². The number of rotatable bonds is 3. The van der Waals surface area contributed by atoms with Crippen LogP contribution in [-0.4, -0.2) is 25.3 Å². The second-order valence-corrected chi connectivity index (χ2v) is 8.54. The highest BCUT2D eigenvalue weighted by molar-refractivity contribution is 6.01. The number of nitrogens with one attached hydrogen (secondary N) is 2. The minimum Gasteiger partial charge on any atom is -0.422 e. The third-order valence-electron chi connectivity index (χ3n) is 5.81. The van der Waals surface area contributed by atoms with E-state index in [9.17, 15) is 9.59 Å². The predicted octanol–water partition coefficient (Wildman–Crippen LogP) is 4.46. The maximum absolute atomic E-state index is 12.6. The smallest absolute Gasteiger partial charge is 0.345 e. The first-order valence-corrected chi connectivity index (χ1v) is 10.2. The Morgan fingerprint density at radius 2 is 1.90 bits per heavy atom. The Balaban J connectivity index is 1.63. The minimum atomic E-state index is -0.491. The molecule has 1 aromatic heterocycles. The Hall–Kier alpha value is -3.61. The van der Waals surface area contributed by atoms with Crippen molar-refractivity contribution in [2.24, 2.45) is 5.10 Å². The lowest BCUT2D eigenvalue weighted by Gasteiger charge is -2.38. The molecule has 0 saturated heterocycles. The van der Waals surface area contributed by atoms with E-state index in [1.165, 1.54) is 5.56 Å². The van der Waals surface area contributed by atoms with Crippen LogP contribution < -0.4 is 21.3 Å². The van der Waals surface area contributed by atoms with Crippen molar-refractivity contribution >= 4 is 34.1 Å². The Morgan fingerprint density at radius 3 is 2.65 bits per heavy atom. The van der Waals surface area contributed by atoms with Gasteiger partial charge in [-0.25, -0.2) is 15.0 Å². The minimum absolute atomic E-state index is 0.0343. The molecule has 0 aliphatic carbocycles. The molecule has 7 heteroatoms. The molecule has 160 valence electrons. The average molecular weight is 418 g/mol. The number of fused-ring (bicyclic) bond motifs is 2. The Labute approximate surface area is 180 Å². The molecular weight excluding hydrogens is 392 g/mol. The maximum atomic E-state index is 12.6. The quantitative estimate of drug-likeness (QED) is 0.374. The van der Waals surface area contributed by atoms with Crippen molar-refractivity contribution in [3.8, 4) is 0 Å². The molecule has 0 fully saturated rings. The molecule has 3 aromatic rings. The van der Waals surface area contributed by atoms with E-state index in [1.54, 1.807) is 25.1 Å². The fourth-order valence-electron chi connectivity index (χ4n) is 3.84. The fourth-order valence-corrected chi connectivity index (χ4v) is 3.84. The summed E-state index contributed by atoms with van der Waals surface area (Å²) in [5.74, 6) is 0. The van der Waals surface area contributed by atoms with Gasteiger partial charge in [-0.3, -0.25) is 0 Å². The molecule has 2 N–H and O–H groups in total. The summed E-state index contributed by atoms with van der Waals surface area (Å²) in [5, 5.41) is 7.58. The first-order chi connectivity index (χ1) is 14.7. The highest BCUT2D eigenvalue weighted by atomic mass is 16.4. The van der Waals surface area contributed by atoms with Gasteiger partial charge < -0.3 is 14.6 Å². The monoisotopic (exact) mass is 418 g/mol. The van der Waals surface area contributed by atoms with Gasteiger partial charge in [-0.05, 0) is 48.6 Å². The zero-order chi connectivity index (χ0) is 22.2. The number of hydrogen-bond acceptors (Lipinski definition) is 5. The van der Waals surface area contributed by atoms with Gasteiger partial charge in [0.25, 0.3) is 0 Å². The maximum Gasteiger partial charge on any atom is 0.345 e. The van der Waals surface area contributed by atoms with Gasteiger partial charge >= 0.3 is 11.7 Å². The van der Waals surface area contributed by atoms with E-state index in [0.29, 0.717) is 22.5 Å². The normalized spacial score (nSPS) is 15.5. The van der Waals surface area contributed by atoms with Crippen molar-refractivity contribution in [2.75, 3.05) is 23.8 Å². The fraction of sp³-hybridized carbons (Fsp3) is 0.292. The summed E-state index contributed by atoms with van der Waals surface area (Å²) in [6.07, 6.45) is 1.05. The first kappa shape index (κ1) is 20.7. The lowest BCUT2D eigenvalue weighted by atomic mass is 9.77. The number of hydrogen-bond donors (Lipinski definition) is 2. The van der Waals surface area contributed by atoms with Gasteiger partial charge in [-0.15, -0.1) is 0 Å². The molecule has 0 atom stereocenters. The molecule has 2 aromatic carbocycles. The van der Waals surface area contributed by atoms with Crippen molar-refractivity contribution in [1.82, 2.24) is 5.43 Å². The van der Waals surface area contributed by atoms with Crippen molar-refractivity contribution in [1.29, 1.82) is 0 Å². The van der Waals surface area contributed by atoms with Crippen LogP contribution in [0.4, 0.5) is 16.2 Å². The van der Waals surface area contributed by atoms with Crippen molar-refractivity contribution < 1.29 is 9.21 Å². The van der Waals surface area contributed by atoms with E-state index in [-0.39, 0.29) is 5.41 Å². The number of carbonyl (C=O) groups is 1. The molecule has 7 nitrogen and oxygen atoms in total. The number of hydrazone groups is 1. The van der Waals surface area contributed by atoms with Gasteiger partial charge in [0.05, 0.1) is 11.3 Å². The largest absolute Gasteiger partial charge is 0.422 e. The zero-order valence-electron chi connectivity index (χ0n) is 18.2. The lowest BCUT2D eigenvalue weighted by molar-refractivity contribution is 0.252. The molecule has 0 bridgehead atoms. The van der Waals surface area contributed by atoms with Crippen LogP contribution in [0.3, 0.4) is 0 Å². The molecule has 0 unspecified atom stereocenters. The number of nitrogens with zero attached hydrogens (tertiary/aromatic N) is 2. The van der Waals surface area contributed by atoms with Gasteiger partial charge in [0.2, 0.25) is 0 Å². The number of amides is 2. The number of anilines is 2. The van der Waals surface area contributed by atoms with Gasteiger partial charge in [0.1, 0.15) is 5.58 Å². The lowest BCUT2D eigenvalue weighted by Crippen LogP contribution is -2.34. The summed E-state index contributed by atoms with van der Waals surface area (Å²) >= 11 is 0. The Bertz CT molecular complexity index is 1230. The number of para-hydroxylation sites is 1. The third-order valence-corrected chi connectivity index (χ3v) is 5.81. The van der Waals surface area contributed by atoms with Gasteiger partial charge in [-0.2, -0.15) is 5.10 Å². The molecule has 2 amide bonds. The summed E-state index contributed by atoms with van der Waals surface area (Å²) in [7, 11) is 2.05. The number of benzene rings is 2. The van der Waals surface area contributed by atoms with E-state index in [0.717, 1.165) is 24.0 Å². The van der Waals surface area contributed by atoms with Gasteiger partial charge in [-0.1, -0.05) is 32.0 Å². The Kier molecular flexibility index (Phi) is 5.27. The molecule has 4 rings (SSSR count). The summed E-state index contributed by atoms with van der Waals surface area (Å²) in [5.41, 5.74) is 6.15. The van der Waals surface area contributed by atoms with E-state index < -0.39 is 11.7 Å². The van der Waals surface area contributed by atoms with Gasteiger partial charge in [0, 0.05) is 36.4 Å². The predicted molar refractivity (Wildman–Crippen MR) is 124 cm³/mol. The third kappa shape index (κ3) is 4.17. The van der Waals surface area contributed by atoms with E-state index in [2.05, 4.69) is 47.7 Å². The van der Waals surface area contributed by atoms with E-state index in [1.807, 2.05) is 24.3 Å². The molecule has 2 heterocycles. The molecule has 1 aliphatic heterocycles. The van der Waals surface area contributed by atoms with Crippen molar-refractivity contribution in [3.05, 3.63) is 70.1 Å². The van der Waals surface area contributed by atoms with E-state index >= 15 is 0 Å². The molecule has 0 spiro atoms. The molecule has 0 radical (unpaired) electrons. The Morgan fingerprint density at radius 1 is 1.16 bits per heavy atom. The number of urea groups is 1. The highest BCUT2D eigenvalue weighted by Crippen LogP contribution is 2.41. The summed E-state index contributed by atoms with van der Waals surface area (Å²) in [6.45, 7) is 7.08. The summed E-state index contributed by atoms with van der Waals surface area (Å²) in [6, 6.07) is 14.4. The topological polar surface area (TPSA) is 86.9 Å². The standard InChI is InChI=1S/C24H26N4O3/c1-15(26-27-23(30)25-17-8-6-5-7-9-17)18-12-16-13-19-20(14-21(16)31-22(18)29)28(4)11-10-24(19,2)3/h5-9,12-14H,10-11H2,1-4H3,(H2,25,27,30)/b26-15+. The second kappa shape index (κ2) is 7.91. The van der Waals surface area contributed by atoms with Crippen LogP contribution in [0, 0.1) is 0 Å². The van der Waals surface area contributed by atoms with Gasteiger partial charge in [0.15, 0.2) is 0 Å². The van der Waals surface area contributed by atoms with Crippen LogP contribution in [0.15, 0.2) is 62.8 Å².